The Bertz CT molecular complexity index is 437. The molecule has 0 aromatic rings. The minimum Gasteiger partial charge on any atom is -0.377 e. The van der Waals surface area contributed by atoms with E-state index in [1.54, 1.807) is 0 Å². The largest absolute Gasteiger partial charge is 0.377 e. The fraction of sp³-hybridized carbons (Fsp3) is 1.00. The van der Waals surface area contributed by atoms with Crippen molar-refractivity contribution < 1.29 is 13.2 Å². The van der Waals surface area contributed by atoms with Gasteiger partial charge in [0.1, 0.15) is 0 Å². The standard InChI is InChI=1S/C14H27NO3S/c1-12(2)8-13(3,4)10-14(9-12)5-6-18-11(14)7-19(15,16)17/h11H,5-10H2,1-4H3,(H2,15,16,17). The summed E-state index contributed by atoms with van der Waals surface area (Å²) in [6, 6.07) is 0. The number of nitrogens with two attached hydrogens (primary N) is 1. The highest BCUT2D eigenvalue weighted by Crippen LogP contribution is 2.59. The van der Waals surface area contributed by atoms with E-state index in [0.717, 1.165) is 19.3 Å². The van der Waals surface area contributed by atoms with E-state index >= 15 is 0 Å². The Morgan fingerprint density at radius 3 is 2.11 bits per heavy atom. The van der Waals surface area contributed by atoms with Crippen molar-refractivity contribution in [1.29, 1.82) is 0 Å². The lowest BCUT2D eigenvalue weighted by atomic mass is 9.53. The first-order chi connectivity index (χ1) is 8.43. The maximum Gasteiger partial charge on any atom is 0.211 e. The first kappa shape index (κ1) is 15.3. The minimum absolute atomic E-state index is 0.0162. The number of hydrogen-bond donors (Lipinski definition) is 1. The Morgan fingerprint density at radius 2 is 1.63 bits per heavy atom. The third-order valence-corrected chi connectivity index (χ3v) is 5.37. The summed E-state index contributed by atoms with van der Waals surface area (Å²) in [6.07, 6.45) is 3.96. The topological polar surface area (TPSA) is 69.4 Å². The van der Waals surface area contributed by atoms with Crippen molar-refractivity contribution in [1.82, 2.24) is 0 Å². The molecule has 2 aliphatic rings. The van der Waals surface area contributed by atoms with Crippen molar-refractivity contribution in [2.45, 2.75) is 59.5 Å². The lowest BCUT2D eigenvalue weighted by Crippen LogP contribution is -2.48. The van der Waals surface area contributed by atoms with Gasteiger partial charge in [0.25, 0.3) is 0 Å². The van der Waals surface area contributed by atoms with Crippen LogP contribution >= 0.6 is 0 Å². The molecule has 0 amide bonds. The molecule has 4 nitrogen and oxygen atoms in total. The van der Waals surface area contributed by atoms with Crippen molar-refractivity contribution in [3.05, 3.63) is 0 Å². The van der Waals surface area contributed by atoms with Gasteiger partial charge in [0.15, 0.2) is 0 Å². The second kappa shape index (κ2) is 4.43. The zero-order valence-corrected chi connectivity index (χ0v) is 13.3. The molecule has 1 unspecified atom stereocenters. The molecule has 0 bridgehead atoms. The van der Waals surface area contributed by atoms with E-state index in [4.69, 9.17) is 9.88 Å². The molecule has 5 heteroatoms. The molecule has 1 saturated carbocycles. The Kier molecular flexibility index (Phi) is 3.56. The van der Waals surface area contributed by atoms with Crippen LogP contribution in [-0.2, 0) is 14.8 Å². The van der Waals surface area contributed by atoms with Gasteiger partial charge in [0.05, 0.1) is 11.9 Å². The molecule has 2 N–H and O–H groups in total. The van der Waals surface area contributed by atoms with Crippen LogP contribution in [0.15, 0.2) is 0 Å². The van der Waals surface area contributed by atoms with E-state index in [-0.39, 0.29) is 28.1 Å². The highest BCUT2D eigenvalue weighted by atomic mass is 32.2. The molecule has 2 fully saturated rings. The molecule has 1 spiro atoms. The number of primary sulfonamides is 1. The van der Waals surface area contributed by atoms with Gasteiger partial charge in [-0.05, 0) is 36.5 Å². The number of ether oxygens (including phenoxy) is 1. The van der Waals surface area contributed by atoms with E-state index in [1.165, 1.54) is 6.42 Å². The molecule has 0 aromatic carbocycles. The number of rotatable bonds is 2. The predicted octanol–water partition coefficient (Wildman–Crippen LogP) is 2.29. The van der Waals surface area contributed by atoms with E-state index in [2.05, 4.69) is 27.7 Å². The highest BCUT2D eigenvalue weighted by Gasteiger charge is 2.54. The number of hydrogen-bond acceptors (Lipinski definition) is 3. The Labute approximate surface area is 117 Å². The average Bonchev–Trinajstić information content (AvgIpc) is 2.38. The molecule has 1 aliphatic carbocycles. The summed E-state index contributed by atoms with van der Waals surface area (Å²) in [6.45, 7) is 9.78. The minimum atomic E-state index is -3.48. The van der Waals surface area contributed by atoms with Crippen LogP contribution in [-0.4, -0.2) is 26.9 Å². The van der Waals surface area contributed by atoms with Gasteiger partial charge in [-0.2, -0.15) is 0 Å². The first-order valence-corrected chi connectivity index (χ1v) is 8.77. The lowest BCUT2D eigenvalue weighted by Gasteiger charge is -2.52. The van der Waals surface area contributed by atoms with E-state index < -0.39 is 10.0 Å². The second-order valence-electron chi connectivity index (χ2n) is 8.16. The predicted molar refractivity (Wildman–Crippen MR) is 76.2 cm³/mol. The quantitative estimate of drug-likeness (QED) is 0.848. The summed E-state index contributed by atoms with van der Waals surface area (Å²) in [5.41, 5.74) is 0.440. The van der Waals surface area contributed by atoms with Gasteiger partial charge in [0.2, 0.25) is 10.0 Å². The molecule has 1 heterocycles. The third-order valence-electron chi connectivity index (χ3n) is 4.60. The molecule has 1 saturated heterocycles. The average molecular weight is 289 g/mol. The normalized spacial score (nSPS) is 32.6. The second-order valence-corrected chi connectivity index (χ2v) is 9.82. The van der Waals surface area contributed by atoms with E-state index in [9.17, 15) is 8.42 Å². The maximum absolute atomic E-state index is 11.4. The van der Waals surface area contributed by atoms with Crippen LogP contribution in [0.5, 0.6) is 0 Å². The highest BCUT2D eigenvalue weighted by molar-refractivity contribution is 7.89. The fourth-order valence-electron chi connectivity index (χ4n) is 4.97. The van der Waals surface area contributed by atoms with Crippen LogP contribution in [0.4, 0.5) is 0 Å². The summed E-state index contributed by atoms with van der Waals surface area (Å²) < 4.78 is 28.6. The van der Waals surface area contributed by atoms with Crippen molar-refractivity contribution in [3.63, 3.8) is 0 Å². The molecule has 0 aromatic heterocycles. The van der Waals surface area contributed by atoms with Gasteiger partial charge in [-0.15, -0.1) is 0 Å². The third kappa shape index (κ3) is 3.50. The van der Waals surface area contributed by atoms with Crippen molar-refractivity contribution in [2.24, 2.45) is 21.4 Å². The zero-order chi connectivity index (χ0) is 14.5. The van der Waals surface area contributed by atoms with Gasteiger partial charge in [-0.3, -0.25) is 0 Å². The summed E-state index contributed by atoms with van der Waals surface area (Å²) in [5, 5.41) is 5.23. The first-order valence-electron chi connectivity index (χ1n) is 7.05. The van der Waals surface area contributed by atoms with Crippen LogP contribution in [0, 0.1) is 16.2 Å². The molecule has 19 heavy (non-hydrogen) atoms. The molecule has 2 rings (SSSR count). The summed E-state index contributed by atoms with van der Waals surface area (Å²) >= 11 is 0. The van der Waals surface area contributed by atoms with Gasteiger partial charge in [0, 0.05) is 12.0 Å². The van der Waals surface area contributed by atoms with Crippen molar-refractivity contribution >= 4 is 10.0 Å². The van der Waals surface area contributed by atoms with Crippen molar-refractivity contribution in [2.75, 3.05) is 12.4 Å². The van der Waals surface area contributed by atoms with Crippen LogP contribution in [0.1, 0.15) is 53.4 Å². The van der Waals surface area contributed by atoms with Crippen molar-refractivity contribution in [3.8, 4) is 0 Å². The lowest BCUT2D eigenvalue weighted by molar-refractivity contribution is -0.0429. The van der Waals surface area contributed by atoms with Gasteiger partial charge in [-0.25, -0.2) is 13.6 Å². The fourth-order valence-corrected chi connectivity index (χ4v) is 5.84. The maximum atomic E-state index is 11.4. The van der Waals surface area contributed by atoms with E-state index in [1.807, 2.05) is 0 Å². The Hall–Kier alpha value is -0.130. The summed E-state index contributed by atoms with van der Waals surface area (Å²) in [4.78, 5) is 0. The number of sulfonamides is 1. The molecule has 1 atom stereocenters. The van der Waals surface area contributed by atoms with Crippen LogP contribution < -0.4 is 5.14 Å². The summed E-state index contributed by atoms with van der Waals surface area (Å²) in [7, 11) is -3.48. The monoisotopic (exact) mass is 289 g/mol. The zero-order valence-electron chi connectivity index (χ0n) is 12.5. The molecule has 112 valence electrons. The molecule has 0 radical (unpaired) electrons. The van der Waals surface area contributed by atoms with E-state index in [0.29, 0.717) is 6.61 Å². The van der Waals surface area contributed by atoms with Crippen LogP contribution in [0.3, 0.4) is 0 Å². The summed E-state index contributed by atoms with van der Waals surface area (Å²) in [5.74, 6) is -0.0425. The molecular formula is C14H27NO3S. The van der Waals surface area contributed by atoms with Crippen LogP contribution in [0.2, 0.25) is 0 Å². The Morgan fingerprint density at radius 1 is 1.11 bits per heavy atom. The smallest absolute Gasteiger partial charge is 0.211 e. The van der Waals surface area contributed by atoms with Crippen LogP contribution in [0.25, 0.3) is 0 Å². The molecular weight excluding hydrogens is 262 g/mol. The van der Waals surface area contributed by atoms with Gasteiger partial charge in [-0.1, -0.05) is 27.7 Å². The molecule has 1 aliphatic heterocycles. The van der Waals surface area contributed by atoms with Gasteiger partial charge < -0.3 is 4.74 Å². The SMILES string of the molecule is CC1(C)CC(C)(C)CC2(CCOC2CS(N)(=O)=O)C1. The van der Waals surface area contributed by atoms with Gasteiger partial charge >= 0.3 is 0 Å². The Balaban J connectivity index is 2.29.